The number of hydrogen-bond donors (Lipinski definition) is 0. The maximum absolute atomic E-state index is 6.25. The Morgan fingerprint density at radius 3 is 2.62 bits per heavy atom. The van der Waals surface area contributed by atoms with Crippen LogP contribution in [0.25, 0.3) is 21.9 Å². The van der Waals surface area contributed by atoms with Gasteiger partial charge in [-0.25, -0.2) is 0 Å². The molecule has 0 aliphatic carbocycles. The molecular formula is C14H9ClO. The summed E-state index contributed by atoms with van der Waals surface area (Å²) in [5.74, 6) is 0. The zero-order valence-electron chi connectivity index (χ0n) is 8.48. The minimum absolute atomic E-state index is 0.750. The van der Waals surface area contributed by atoms with E-state index in [1.807, 2.05) is 30.3 Å². The molecule has 0 aliphatic heterocycles. The molecule has 0 fully saturated rings. The van der Waals surface area contributed by atoms with Gasteiger partial charge >= 0.3 is 0 Å². The molecule has 1 heterocycles. The number of halogens is 1. The lowest BCUT2D eigenvalue weighted by atomic mass is 10.0. The lowest BCUT2D eigenvalue weighted by molar-refractivity contribution is 0.568. The fourth-order valence-corrected chi connectivity index (χ4v) is 2.22. The molecule has 0 spiro atoms. The Morgan fingerprint density at radius 2 is 1.81 bits per heavy atom. The van der Waals surface area contributed by atoms with Gasteiger partial charge in [0.2, 0.25) is 0 Å². The Morgan fingerprint density at radius 1 is 0.938 bits per heavy atom. The van der Waals surface area contributed by atoms with Crippen LogP contribution in [0.15, 0.2) is 59.4 Å². The average molecular weight is 229 g/mol. The second-order valence-corrected chi connectivity index (χ2v) is 4.06. The Bertz CT molecular complexity index is 626. The van der Waals surface area contributed by atoms with E-state index in [1.54, 1.807) is 12.5 Å². The fourth-order valence-electron chi connectivity index (χ4n) is 1.95. The summed E-state index contributed by atoms with van der Waals surface area (Å²) in [6.07, 6.45) is 3.38. The van der Waals surface area contributed by atoms with Crippen LogP contribution in [0.2, 0.25) is 5.02 Å². The van der Waals surface area contributed by atoms with E-state index in [1.165, 1.54) is 5.39 Å². The normalized spacial score (nSPS) is 10.8. The van der Waals surface area contributed by atoms with Crippen molar-refractivity contribution < 1.29 is 4.42 Å². The maximum Gasteiger partial charge on any atom is 0.0981 e. The first-order valence-corrected chi connectivity index (χ1v) is 5.44. The quantitative estimate of drug-likeness (QED) is 0.586. The predicted octanol–water partition coefficient (Wildman–Crippen LogP) is 4.75. The zero-order chi connectivity index (χ0) is 11.0. The highest BCUT2D eigenvalue weighted by molar-refractivity contribution is 6.35. The molecule has 0 N–H and O–H groups in total. The van der Waals surface area contributed by atoms with Gasteiger partial charge in [0.05, 0.1) is 12.5 Å². The van der Waals surface area contributed by atoms with Crippen molar-refractivity contribution >= 4 is 22.4 Å². The van der Waals surface area contributed by atoms with Gasteiger partial charge in [0, 0.05) is 16.1 Å². The topological polar surface area (TPSA) is 13.1 Å². The molecule has 0 aliphatic rings. The lowest BCUT2D eigenvalue weighted by Crippen LogP contribution is -1.80. The molecule has 3 rings (SSSR count). The van der Waals surface area contributed by atoms with Crippen molar-refractivity contribution in [2.24, 2.45) is 0 Å². The summed E-state index contributed by atoms with van der Waals surface area (Å²) in [5, 5.41) is 3.08. The van der Waals surface area contributed by atoms with E-state index < -0.39 is 0 Å². The standard InChI is InChI=1S/C14H9ClO/c15-13-6-5-10-3-1-2-4-12(10)14(13)11-7-8-16-9-11/h1-9H. The Kier molecular flexibility index (Phi) is 2.19. The van der Waals surface area contributed by atoms with Crippen molar-refractivity contribution in [3.8, 4) is 11.1 Å². The third kappa shape index (κ3) is 1.41. The van der Waals surface area contributed by atoms with E-state index in [9.17, 15) is 0 Å². The van der Waals surface area contributed by atoms with Crippen LogP contribution in [0.1, 0.15) is 0 Å². The first kappa shape index (κ1) is 9.49. The second-order valence-electron chi connectivity index (χ2n) is 3.66. The Labute approximate surface area is 98.3 Å². The van der Waals surface area contributed by atoms with Crippen LogP contribution in [0, 0.1) is 0 Å². The SMILES string of the molecule is Clc1ccc2ccccc2c1-c1ccoc1. The highest BCUT2D eigenvalue weighted by Crippen LogP contribution is 2.35. The van der Waals surface area contributed by atoms with Crippen molar-refractivity contribution in [2.45, 2.75) is 0 Å². The monoisotopic (exact) mass is 228 g/mol. The molecule has 1 nitrogen and oxygen atoms in total. The van der Waals surface area contributed by atoms with Crippen molar-refractivity contribution in [1.82, 2.24) is 0 Å². The summed E-state index contributed by atoms with van der Waals surface area (Å²) in [5.41, 5.74) is 2.05. The van der Waals surface area contributed by atoms with Gasteiger partial charge in [0.25, 0.3) is 0 Å². The van der Waals surface area contributed by atoms with Crippen LogP contribution in [0.4, 0.5) is 0 Å². The van der Waals surface area contributed by atoms with Crippen LogP contribution >= 0.6 is 11.6 Å². The largest absolute Gasteiger partial charge is 0.472 e. The lowest BCUT2D eigenvalue weighted by Gasteiger charge is -2.06. The molecule has 16 heavy (non-hydrogen) atoms. The molecule has 0 saturated carbocycles. The van der Waals surface area contributed by atoms with Crippen molar-refractivity contribution in [2.75, 3.05) is 0 Å². The number of furan rings is 1. The minimum atomic E-state index is 0.750. The van der Waals surface area contributed by atoms with Gasteiger partial charge in [-0.1, -0.05) is 41.9 Å². The van der Waals surface area contributed by atoms with Crippen LogP contribution in [0.5, 0.6) is 0 Å². The summed E-state index contributed by atoms with van der Waals surface area (Å²) in [7, 11) is 0. The minimum Gasteiger partial charge on any atom is -0.472 e. The van der Waals surface area contributed by atoms with Crippen molar-refractivity contribution in [1.29, 1.82) is 0 Å². The zero-order valence-corrected chi connectivity index (χ0v) is 9.24. The summed E-state index contributed by atoms with van der Waals surface area (Å²) in [4.78, 5) is 0. The summed E-state index contributed by atoms with van der Waals surface area (Å²) in [6.45, 7) is 0. The van der Waals surface area contributed by atoms with Crippen molar-refractivity contribution in [3.63, 3.8) is 0 Å². The number of fused-ring (bicyclic) bond motifs is 1. The van der Waals surface area contributed by atoms with Gasteiger partial charge in [-0.05, 0) is 22.9 Å². The molecular weight excluding hydrogens is 220 g/mol. The van der Waals surface area contributed by atoms with Crippen LogP contribution in [-0.2, 0) is 0 Å². The van der Waals surface area contributed by atoms with Gasteiger partial charge in [-0.15, -0.1) is 0 Å². The Hall–Kier alpha value is -1.73. The Balaban J connectivity index is 2.42. The molecule has 1 aromatic heterocycles. The van der Waals surface area contributed by atoms with Crippen LogP contribution in [0.3, 0.4) is 0 Å². The molecule has 0 unspecified atom stereocenters. The second kappa shape index (κ2) is 3.69. The van der Waals surface area contributed by atoms with E-state index in [4.69, 9.17) is 16.0 Å². The predicted molar refractivity (Wildman–Crippen MR) is 66.7 cm³/mol. The van der Waals surface area contributed by atoms with Gasteiger partial charge in [0.1, 0.15) is 0 Å². The average Bonchev–Trinajstić information content (AvgIpc) is 2.82. The molecule has 0 atom stereocenters. The smallest absolute Gasteiger partial charge is 0.0981 e. The van der Waals surface area contributed by atoms with Crippen LogP contribution in [-0.4, -0.2) is 0 Å². The highest BCUT2D eigenvalue weighted by Gasteiger charge is 2.08. The molecule has 2 aromatic carbocycles. The van der Waals surface area contributed by atoms with Gasteiger partial charge in [-0.3, -0.25) is 0 Å². The van der Waals surface area contributed by atoms with E-state index in [0.29, 0.717) is 0 Å². The molecule has 78 valence electrons. The van der Waals surface area contributed by atoms with E-state index >= 15 is 0 Å². The molecule has 0 saturated heterocycles. The number of rotatable bonds is 1. The summed E-state index contributed by atoms with van der Waals surface area (Å²) in [6, 6.07) is 14.1. The van der Waals surface area contributed by atoms with E-state index in [-0.39, 0.29) is 0 Å². The third-order valence-corrected chi connectivity index (χ3v) is 3.00. The van der Waals surface area contributed by atoms with Gasteiger partial charge in [-0.2, -0.15) is 0 Å². The van der Waals surface area contributed by atoms with Crippen LogP contribution < -0.4 is 0 Å². The summed E-state index contributed by atoms with van der Waals surface area (Å²) < 4.78 is 5.11. The summed E-state index contributed by atoms with van der Waals surface area (Å²) >= 11 is 6.25. The molecule has 0 amide bonds. The number of benzene rings is 2. The van der Waals surface area contributed by atoms with Gasteiger partial charge < -0.3 is 4.42 Å². The molecule has 2 heteroatoms. The molecule has 0 bridgehead atoms. The fraction of sp³-hybridized carbons (Fsp3) is 0. The first-order valence-electron chi connectivity index (χ1n) is 5.06. The van der Waals surface area contributed by atoms with Gasteiger partial charge in [0.15, 0.2) is 0 Å². The van der Waals surface area contributed by atoms with E-state index in [2.05, 4.69) is 12.1 Å². The highest BCUT2D eigenvalue weighted by atomic mass is 35.5. The number of hydrogen-bond acceptors (Lipinski definition) is 1. The molecule has 3 aromatic rings. The third-order valence-electron chi connectivity index (χ3n) is 2.69. The van der Waals surface area contributed by atoms with E-state index in [0.717, 1.165) is 21.5 Å². The molecule has 0 radical (unpaired) electrons. The van der Waals surface area contributed by atoms with Crippen molar-refractivity contribution in [3.05, 3.63) is 60.0 Å². The first-order chi connectivity index (χ1) is 7.86. The maximum atomic E-state index is 6.25.